The highest BCUT2D eigenvalue weighted by atomic mass is 19.1. The van der Waals surface area contributed by atoms with E-state index >= 15 is 0 Å². The van der Waals surface area contributed by atoms with Crippen LogP contribution < -0.4 is 0 Å². The Hall–Kier alpha value is -2.43. The van der Waals surface area contributed by atoms with Crippen LogP contribution in [-0.2, 0) is 11.3 Å². The maximum Gasteiger partial charge on any atom is 0.199 e. The summed E-state index contributed by atoms with van der Waals surface area (Å²) in [5, 5.41) is 17.1. The first-order chi connectivity index (χ1) is 11.2. The van der Waals surface area contributed by atoms with Crippen LogP contribution in [0.3, 0.4) is 0 Å². The maximum absolute atomic E-state index is 12.7. The van der Waals surface area contributed by atoms with Gasteiger partial charge in [0.2, 0.25) is 0 Å². The number of halogens is 1. The maximum atomic E-state index is 12.7. The fourth-order valence-electron chi connectivity index (χ4n) is 2.67. The smallest absolute Gasteiger partial charge is 0.199 e. The summed E-state index contributed by atoms with van der Waals surface area (Å²) in [6.07, 6.45) is 9.03. The zero-order valence-electron chi connectivity index (χ0n) is 12.9. The van der Waals surface area contributed by atoms with Crippen LogP contribution in [-0.4, -0.2) is 6.10 Å². The normalized spacial score (nSPS) is 21.8. The highest BCUT2D eigenvalue weighted by Gasteiger charge is 2.19. The highest BCUT2D eigenvalue weighted by molar-refractivity contribution is 5.31. The van der Waals surface area contributed by atoms with Gasteiger partial charge in [0.25, 0.3) is 0 Å². The van der Waals surface area contributed by atoms with Gasteiger partial charge in [-0.2, -0.15) is 14.9 Å². The molecule has 3 nitrogen and oxygen atoms in total. The quantitative estimate of drug-likeness (QED) is 0.591. The van der Waals surface area contributed by atoms with Crippen LogP contribution in [0.2, 0.25) is 0 Å². The van der Waals surface area contributed by atoms with E-state index < -0.39 is 5.83 Å². The van der Waals surface area contributed by atoms with Crippen molar-refractivity contribution in [2.75, 3.05) is 0 Å². The summed E-state index contributed by atoms with van der Waals surface area (Å²) in [7, 11) is 0. The molecule has 0 radical (unpaired) electrons. The predicted octanol–water partition coefficient (Wildman–Crippen LogP) is 4.57. The third-order valence-corrected chi connectivity index (χ3v) is 4.02. The summed E-state index contributed by atoms with van der Waals surface area (Å²) < 4.78 is 18.6. The van der Waals surface area contributed by atoms with Gasteiger partial charge in [0, 0.05) is 0 Å². The lowest BCUT2D eigenvalue weighted by Crippen LogP contribution is -2.20. The van der Waals surface area contributed by atoms with Crippen LogP contribution >= 0.6 is 0 Å². The van der Waals surface area contributed by atoms with Crippen molar-refractivity contribution >= 4 is 0 Å². The van der Waals surface area contributed by atoms with Gasteiger partial charge < -0.3 is 4.74 Å². The first-order valence-corrected chi connectivity index (χ1v) is 7.76. The Morgan fingerprint density at radius 3 is 2.48 bits per heavy atom. The van der Waals surface area contributed by atoms with Gasteiger partial charge in [-0.25, -0.2) is 0 Å². The van der Waals surface area contributed by atoms with Crippen LogP contribution in [0.4, 0.5) is 4.39 Å². The van der Waals surface area contributed by atoms with Crippen LogP contribution in [0.25, 0.3) is 0 Å². The third kappa shape index (κ3) is 5.70. The van der Waals surface area contributed by atoms with E-state index in [1.165, 1.54) is 12.1 Å². The van der Waals surface area contributed by atoms with E-state index in [2.05, 4.69) is 6.07 Å². The third-order valence-electron chi connectivity index (χ3n) is 4.02. The monoisotopic (exact) mass is 310 g/mol. The molecule has 1 aromatic carbocycles. The summed E-state index contributed by atoms with van der Waals surface area (Å²) in [5.74, 6) is -0.340. The largest absolute Gasteiger partial charge is 0.374 e. The number of hydrogen-bond acceptors (Lipinski definition) is 3. The van der Waals surface area contributed by atoms with Gasteiger partial charge in [0.1, 0.15) is 6.07 Å². The Bertz CT molecular complexity index is 641. The average Bonchev–Trinajstić information content (AvgIpc) is 2.61. The van der Waals surface area contributed by atoms with E-state index in [9.17, 15) is 4.39 Å². The van der Waals surface area contributed by atoms with E-state index in [4.69, 9.17) is 15.3 Å². The van der Waals surface area contributed by atoms with Crippen molar-refractivity contribution in [1.29, 1.82) is 10.5 Å². The fourth-order valence-corrected chi connectivity index (χ4v) is 2.67. The molecule has 0 bridgehead atoms. The molecule has 1 aromatic rings. The number of nitriles is 2. The van der Waals surface area contributed by atoms with Crippen LogP contribution in [0.15, 0.2) is 48.3 Å². The molecule has 0 saturated heterocycles. The highest BCUT2D eigenvalue weighted by Crippen LogP contribution is 2.27. The minimum atomic E-state index is -0.763. The molecule has 0 aromatic heterocycles. The molecule has 0 heterocycles. The zero-order chi connectivity index (χ0) is 16.5. The summed E-state index contributed by atoms with van der Waals surface area (Å²) in [4.78, 5) is 0. The molecule has 1 fully saturated rings. The number of allylic oxidation sites excluding steroid dienone is 4. The Labute approximate surface area is 136 Å². The second-order valence-electron chi connectivity index (χ2n) is 5.67. The molecule has 1 aliphatic rings. The number of rotatable bonds is 5. The lowest BCUT2D eigenvalue weighted by atomic mass is 9.87. The summed E-state index contributed by atoms with van der Waals surface area (Å²) in [6, 6.07) is 11.0. The Balaban J connectivity index is 1.72. The Kier molecular flexibility index (Phi) is 6.54. The van der Waals surface area contributed by atoms with Crippen LogP contribution in [0.5, 0.6) is 0 Å². The molecule has 0 unspecified atom stereocenters. The zero-order valence-corrected chi connectivity index (χ0v) is 12.9. The van der Waals surface area contributed by atoms with E-state index in [1.54, 1.807) is 18.2 Å². The van der Waals surface area contributed by atoms with Gasteiger partial charge >= 0.3 is 0 Å². The van der Waals surface area contributed by atoms with Gasteiger partial charge in [-0.05, 0) is 55.4 Å². The molecule has 1 saturated carbocycles. The molecular formula is C19H19FN2O. The summed E-state index contributed by atoms with van der Waals surface area (Å²) in [5.41, 5.74) is 1.73. The van der Waals surface area contributed by atoms with E-state index in [0.717, 1.165) is 31.2 Å². The molecule has 23 heavy (non-hydrogen) atoms. The first kappa shape index (κ1) is 16.9. The van der Waals surface area contributed by atoms with Crippen molar-refractivity contribution in [2.24, 2.45) is 5.92 Å². The molecule has 2 rings (SSSR count). The first-order valence-electron chi connectivity index (χ1n) is 7.76. The Morgan fingerprint density at radius 1 is 1.17 bits per heavy atom. The van der Waals surface area contributed by atoms with Crippen molar-refractivity contribution in [2.45, 2.75) is 38.4 Å². The van der Waals surface area contributed by atoms with Gasteiger partial charge in [-0.1, -0.05) is 24.3 Å². The minimum absolute atomic E-state index is 0.252. The second kappa shape index (κ2) is 8.88. The van der Waals surface area contributed by atoms with Gasteiger partial charge in [0.15, 0.2) is 5.83 Å². The van der Waals surface area contributed by atoms with Crippen molar-refractivity contribution in [3.63, 3.8) is 0 Å². The molecule has 0 amide bonds. The molecular weight excluding hydrogens is 291 g/mol. The van der Waals surface area contributed by atoms with Crippen molar-refractivity contribution < 1.29 is 9.13 Å². The lowest BCUT2D eigenvalue weighted by Gasteiger charge is -2.26. The van der Waals surface area contributed by atoms with Crippen LogP contribution in [0.1, 0.15) is 36.8 Å². The SMILES string of the molecule is N#CC(F)=CC=CC1CCC(OCc2ccc(C#N)cc2)CC1. The van der Waals surface area contributed by atoms with Crippen molar-refractivity contribution in [3.8, 4) is 12.1 Å². The molecule has 0 aliphatic heterocycles. The summed E-state index contributed by atoms with van der Waals surface area (Å²) in [6.45, 7) is 0.562. The van der Waals surface area contributed by atoms with Crippen molar-refractivity contribution in [1.82, 2.24) is 0 Å². The number of nitrogens with zero attached hydrogens (tertiary/aromatic N) is 2. The number of benzene rings is 1. The molecule has 0 spiro atoms. The molecule has 0 N–H and O–H groups in total. The minimum Gasteiger partial charge on any atom is -0.374 e. The molecule has 1 aliphatic carbocycles. The molecule has 118 valence electrons. The van der Waals surface area contributed by atoms with E-state index in [1.807, 2.05) is 18.2 Å². The topological polar surface area (TPSA) is 56.8 Å². The van der Waals surface area contributed by atoms with Gasteiger partial charge in [-0.15, -0.1) is 0 Å². The van der Waals surface area contributed by atoms with Gasteiger partial charge in [0.05, 0.1) is 24.3 Å². The number of hydrogen-bond donors (Lipinski definition) is 0. The van der Waals surface area contributed by atoms with Crippen LogP contribution in [0, 0.1) is 28.6 Å². The predicted molar refractivity (Wildman–Crippen MR) is 85.6 cm³/mol. The standard InChI is InChI=1S/C19H19FN2O/c20-18(13-22)3-1-2-15-8-10-19(11-9-15)23-14-17-6-4-16(12-21)5-7-17/h1-7,15,19H,8-11,14H2. The van der Waals surface area contributed by atoms with E-state index in [0.29, 0.717) is 18.1 Å². The fraction of sp³-hybridized carbons (Fsp3) is 0.368. The van der Waals surface area contributed by atoms with E-state index in [-0.39, 0.29) is 6.10 Å². The lowest BCUT2D eigenvalue weighted by molar-refractivity contribution is 0.0110. The number of ether oxygens (including phenoxy) is 1. The van der Waals surface area contributed by atoms with Gasteiger partial charge in [-0.3, -0.25) is 0 Å². The molecule has 4 heteroatoms. The molecule has 0 atom stereocenters. The Morgan fingerprint density at radius 2 is 1.87 bits per heavy atom. The summed E-state index contributed by atoms with van der Waals surface area (Å²) >= 11 is 0. The average molecular weight is 310 g/mol. The second-order valence-corrected chi connectivity index (χ2v) is 5.67. The van der Waals surface area contributed by atoms with Crippen molar-refractivity contribution in [3.05, 3.63) is 59.4 Å².